The van der Waals surface area contributed by atoms with Gasteiger partial charge in [0.15, 0.2) is 12.2 Å². The average molecular weight is 1470 g/mol. The number of hydrogen-bond donors (Lipinski definition) is 3. The van der Waals surface area contributed by atoms with Crippen molar-refractivity contribution < 1.29 is 80.2 Å². The Labute approximate surface area is 613 Å². The van der Waals surface area contributed by atoms with Gasteiger partial charge in [0.05, 0.1) is 26.4 Å². The summed E-state index contributed by atoms with van der Waals surface area (Å²) in [6, 6.07) is 0. The summed E-state index contributed by atoms with van der Waals surface area (Å²) < 4.78 is 68.7. The summed E-state index contributed by atoms with van der Waals surface area (Å²) in [7, 11) is -9.92. The molecule has 0 aromatic rings. The Morgan fingerprint density at radius 1 is 0.270 bits per heavy atom. The lowest BCUT2D eigenvalue weighted by molar-refractivity contribution is -0.161. The Morgan fingerprint density at radius 2 is 0.460 bits per heavy atom. The molecule has 0 saturated carbocycles. The Morgan fingerprint density at radius 3 is 0.680 bits per heavy atom. The summed E-state index contributed by atoms with van der Waals surface area (Å²) in [5.74, 6) is -1.31. The van der Waals surface area contributed by atoms with Crippen LogP contribution in [0.25, 0.3) is 0 Å². The van der Waals surface area contributed by atoms with E-state index in [1.807, 2.05) is 0 Å². The standard InChI is InChI=1S/C81H158O17P2/c1-6-9-12-15-18-21-24-26-28-29-30-31-33-37-42-47-52-57-62-67-81(86)98-77(71-92-79(84)65-60-55-50-45-40-38-34-35-39-43-48-53-58-63-74(4)5)73-96-100(89,90)94-69-75(82)68-93-99(87,88)95-72-76(70-91-78(83)64-59-54-49-44-23-20-17-14-11-8-3)97-80(85)66-61-56-51-46-41-36-32-27-25-22-19-16-13-10-7-2/h74-77,82H,6-73H2,1-5H3,(H,87,88)(H,89,90)/t75-,76+,77+/m0/s1. The fourth-order valence-electron chi connectivity index (χ4n) is 12.6. The van der Waals surface area contributed by atoms with Crippen LogP contribution in [0.4, 0.5) is 0 Å². The van der Waals surface area contributed by atoms with E-state index in [0.29, 0.717) is 25.7 Å². The molecule has 2 unspecified atom stereocenters. The largest absolute Gasteiger partial charge is 0.472 e. The zero-order valence-corrected chi connectivity index (χ0v) is 67.1. The molecule has 0 aromatic heterocycles. The van der Waals surface area contributed by atoms with Crippen LogP contribution < -0.4 is 0 Å². The van der Waals surface area contributed by atoms with Crippen LogP contribution in [0.1, 0.15) is 433 Å². The molecule has 19 heteroatoms. The van der Waals surface area contributed by atoms with Crippen molar-refractivity contribution in [3.05, 3.63) is 0 Å². The summed E-state index contributed by atoms with van der Waals surface area (Å²) in [5.41, 5.74) is 0. The van der Waals surface area contributed by atoms with Crippen LogP contribution in [-0.4, -0.2) is 96.7 Å². The molecule has 0 saturated heterocycles. The number of carbonyl (C=O) groups is 4. The summed E-state index contributed by atoms with van der Waals surface area (Å²) in [4.78, 5) is 73.0. The van der Waals surface area contributed by atoms with Crippen LogP contribution in [0, 0.1) is 5.92 Å². The number of aliphatic hydroxyl groups excluding tert-OH is 1. The SMILES string of the molecule is CCCCCCCCCCCCCCCCCCCCCC(=O)O[C@H](COC(=O)CCCCCCCCCCCCCCCC(C)C)COP(=O)(O)OC[C@@H](O)COP(=O)(O)OC[C@@H](COC(=O)CCCCCCCCCCCC)OC(=O)CCCCCCCCCCCCCCCCC. The highest BCUT2D eigenvalue weighted by Gasteiger charge is 2.30. The predicted octanol–water partition coefficient (Wildman–Crippen LogP) is 24.4. The van der Waals surface area contributed by atoms with Crippen molar-refractivity contribution in [3.63, 3.8) is 0 Å². The number of rotatable bonds is 81. The van der Waals surface area contributed by atoms with E-state index in [4.69, 9.17) is 37.0 Å². The first kappa shape index (κ1) is 98.1. The fourth-order valence-corrected chi connectivity index (χ4v) is 14.2. The molecule has 0 fully saturated rings. The zero-order valence-electron chi connectivity index (χ0n) is 65.3. The monoisotopic (exact) mass is 1470 g/mol. The minimum absolute atomic E-state index is 0.109. The summed E-state index contributed by atoms with van der Waals surface area (Å²) in [5, 5.41) is 10.6. The van der Waals surface area contributed by atoms with Crippen LogP contribution >= 0.6 is 15.6 Å². The lowest BCUT2D eigenvalue weighted by Gasteiger charge is -2.21. The highest BCUT2D eigenvalue weighted by Crippen LogP contribution is 2.45. The van der Waals surface area contributed by atoms with Crippen LogP contribution in [0.3, 0.4) is 0 Å². The zero-order chi connectivity index (χ0) is 73.4. The lowest BCUT2D eigenvalue weighted by atomic mass is 10.0. The van der Waals surface area contributed by atoms with Gasteiger partial charge in [0.2, 0.25) is 0 Å². The van der Waals surface area contributed by atoms with Crippen LogP contribution in [0.2, 0.25) is 0 Å². The third-order valence-electron chi connectivity index (χ3n) is 19.0. The summed E-state index contributed by atoms with van der Waals surface area (Å²) in [6.07, 6.45) is 65.1. The van der Waals surface area contributed by atoms with E-state index in [1.165, 1.54) is 257 Å². The Hall–Kier alpha value is -1.94. The first-order valence-electron chi connectivity index (χ1n) is 42.1. The molecule has 594 valence electrons. The van der Waals surface area contributed by atoms with E-state index in [0.717, 1.165) is 95.8 Å². The predicted molar refractivity (Wildman–Crippen MR) is 409 cm³/mol. The molecule has 0 aliphatic carbocycles. The van der Waals surface area contributed by atoms with Gasteiger partial charge in [0.25, 0.3) is 0 Å². The van der Waals surface area contributed by atoms with Crippen molar-refractivity contribution in [3.8, 4) is 0 Å². The van der Waals surface area contributed by atoms with Gasteiger partial charge < -0.3 is 33.8 Å². The minimum Gasteiger partial charge on any atom is -0.462 e. The number of ether oxygens (including phenoxy) is 4. The Kier molecular flexibility index (Phi) is 72.5. The van der Waals surface area contributed by atoms with Crippen molar-refractivity contribution >= 4 is 39.5 Å². The normalized spacial score (nSPS) is 13.8. The van der Waals surface area contributed by atoms with Gasteiger partial charge in [-0.2, -0.15) is 0 Å². The highest BCUT2D eigenvalue weighted by molar-refractivity contribution is 7.47. The first-order chi connectivity index (χ1) is 48.5. The molecule has 3 N–H and O–H groups in total. The summed E-state index contributed by atoms with van der Waals surface area (Å²) >= 11 is 0. The topological polar surface area (TPSA) is 237 Å². The van der Waals surface area contributed by atoms with E-state index >= 15 is 0 Å². The Bertz CT molecular complexity index is 1910. The van der Waals surface area contributed by atoms with E-state index in [-0.39, 0.29) is 25.7 Å². The van der Waals surface area contributed by atoms with Crippen molar-refractivity contribution in [2.75, 3.05) is 39.6 Å². The van der Waals surface area contributed by atoms with Gasteiger partial charge in [0, 0.05) is 25.7 Å². The quantitative estimate of drug-likeness (QED) is 0.0222. The number of esters is 4. The van der Waals surface area contributed by atoms with E-state index in [1.54, 1.807) is 0 Å². The number of phosphoric ester groups is 2. The van der Waals surface area contributed by atoms with Gasteiger partial charge in [-0.05, 0) is 31.6 Å². The van der Waals surface area contributed by atoms with Crippen LogP contribution in [0.5, 0.6) is 0 Å². The van der Waals surface area contributed by atoms with Gasteiger partial charge in [-0.15, -0.1) is 0 Å². The average Bonchev–Trinajstić information content (AvgIpc) is 0.976. The first-order valence-corrected chi connectivity index (χ1v) is 45.1. The fraction of sp³-hybridized carbons (Fsp3) is 0.951. The number of aliphatic hydroxyl groups is 1. The molecule has 100 heavy (non-hydrogen) atoms. The molecule has 0 radical (unpaired) electrons. The molecular weight excluding hydrogens is 1310 g/mol. The molecule has 0 amide bonds. The maximum absolute atomic E-state index is 13.1. The molecule has 5 atom stereocenters. The maximum Gasteiger partial charge on any atom is 0.472 e. The van der Waals surface area contributed by atoms with Gasteiger partial charge in [-0.1, -0.05) is 381 Å². The van der Waals surface area contributed by atoms with E-state index in [2.05, 4.69) is 34.6 Å². The second-order valence-electron chi connectivity index (χ2n) is 29.6. The third-order valence-corrected chi connectivity index (χ3v) is 20.9. The molecule has 0 aromatic carbocycles. The molecule has 0 spiro atoms. The van der Waals surface area contributed by atoms with Crippen molar-refractivity contribution in [1.29, 1.82) is 0 Å². The smallest absolute Gasteiger partial charge is 0.462 e. The van der Waals surface area contributed by atoms with Gasteiger partial charge in [-0.3, -0.25) is 37.3 Å². The van der Waals surface area contributed by atoms with Crippen molar-refractivity contribution in [2.24, 2.45) is 5.92 Å². The molecule has 17 nitrogen and oxygen atoms in total. The number of unbranched alkanes of at least 4 members (excludes halogenated alkanes) is 53. The molecule has 0 rings (SSSR count). The lowest BCUT2D eigenvalue weighted by Crippen LogP contribution is -2.30. The van der Waals surface area contributed by atoms with Crippen LogP contribution in [-0.2, 0) is 65.4 Å². The second kappa shape index (κ2) is 73.9. The second-order valence-corrected chi connectivity index (χ2v) is 32.5. The third kappa shape index (κ3) is 74.3. The summed E-state index contributed by atoms with van der Waals surface area (Å²) in [6.45, 7) is 7.35. The molecule has 0 aliphatic rings. The van der Waals surface area contributed by atoms with Crippen molar-refractivity contribution in [2.45, 2.75) is 451 Å². The maximum atomic E-state index is 13.1. The van der Waals surface area contributed by atoms with Gasteiger partial charge in [-0.25, -0.2) is 9.13 Å². The molecule has 0 aliphatic heterocycles. The van der Waals surface area contributed by atoms with E-state index in [9.17, 15) is 43.2 Å². The van der Waals surface area contributed by atoms with Gasteiger partial charge in [0.1, 0.15) is 19.3 Å². The molecule has 0 heterocycles. The Balaban J connectivity index is 5.23. The molecular formula is C81H158O17P2. The molecule has 0 bridgehead atoms. The van der Waals surface area contributed by atoms with Crippen molar-refractivity contribution in [1.82, 2.24) is 0 Å². The highest BCUT2D eigenvalue weighted by atomic mass is 31.2. The van der Waals surface area contributed by atoms with Gasteiger partial charge >= 0.3 is 39.5 Å². The van der Waals surface area contributed by atoms with E-state index < -0.39 is 97.5 Å². The number of hydrogen-bond acceptors (Lipinski definition) is 15. The number of phosphoric acid groups is 2. The van der Waals surface area contributed by atoms with Crippen LogP contribution in [0.15, 0.2) is 0 Å². The minimum atomic E-state index is -4.96. The number of carbonyl (C=O) groups excluding carboxylic acids is 4.